The zero-order valence-electron chi connectivity index (χ0n) is 22.8. The van der Waals surface area contributed by atoms with Gasteiger partial charge >= 0.3 is 15.6 Å². The molecule has 4 aliphatic rings. The molecule has 4 aromatic heterocycles. The van der Waals surface area contributed by atoms with Gasteiger partial charge in [-0.2, -0.15) is 0 Å². The number of halogens is 2. The number of ether oxygens (including phenoxy) is 1. The lowest BCUT2D eigenvalue weighted by molar-refractivity contribution is -0.0591. The number of alkyl halides is 2. The van der Waals surface area contributed by atoms with Crippen LogP contribution in [0.3, 0.4) is 0 Å². The molecule has 0 aromatic carbocycles. The van der Waals surface area contributed by atoms with Gasteiger partial charge in [0, 0.05) is 11.6 Å². The molecule has 22 heteroatoms. The fraction of sp³-hybridized carbons (Fsp3) is 0.522. The first-order valence-electron chi connectivity index (χ1n) is 13.6. The molecule has 240 valence electrons. The number of imidazole rings is 2. The standard InChI is InChI=1S/C23H25F2N9O9P2/c24-12-16(33-7-32-15-19(27)29-6-30-21(15)33)9-3-23(9)5-40-45(37,38)42-17-11(4-39-44(35,36)43-18(12)23)41-22(13(17)25)34-8-31-14-10(26)1-2-28-20(14)34/h1-2,6-9,11-13,16-18,22H,3-5H2,(H2,26,28)(H,35,36)(H,37,38)(H2,27,29,30)/t9-,11-,12+,13-,16-,17-,18+,22-,23-/m1/s1. The normalized spacial score (nSPS) is 41.7. The van der Waals surface area contributed by atoms with Crippen LogP contribution in [-0.2, 0) is 32.0 Å². The van der Waals surface area contributed by atoms with Gasteiger partial charge < -0.3 is 30.6 Å². The van der Waals surface area contributed by atoms with Gasteiger partial charge in [-0.25, -0.2) is 42.8 Å². The number of hydrogen-bond donors (Lipinski definition) is 4. The molecule has 11 atom stereocenters. The molecular formula is C23H25F2N9O9P2. The maximum absolute atomic E-state index is 16.2. The van der Waals surface area contributed by atoms with Crippen molar-refractivity contribution in [1.82, 2.24) is 34.1 Å². The van der Waals surface area contributed by atoms with Crippen LogP contribution in [0.2, 0.25) is 0 Å². The topological polar surface area (TPSA) is 247 Å². The van der Waals surface area contributed by atoms with Gasteiger partial charge in [0.05, 0.1) is 37.6 Å². The molecule has 2 saturated carbocycles. The fourth-order valence-corrected chi connectivity index (χ4v) is 8.78. The summed E-state index contributed by atoms with van der Waals surface area (Å²) in [6.45, 7) is -1.48. The van der Waals surface area contributed by atoms with Crippen molar-refractivity contribution in [3.63, 3.8) is 0 Å². The van der Waals surface area contributed by atoms with E-state index in [9.17, 15) is 18.9 Å². The Kier molecular flexibility index (Phi) is 6.43. The molecule has 0 radical (unpaired) electrons. The number of anilines is 2. The lowest BCUT2D eigenvalue weighted by Gasteiger charge is -2.30. The molecule has 45 heavy (non-hydrogen) atoms. The number of pyridine rings is 1. The SMILES string of the molecule is Nc1ncnc2c1ncn2[C@H]1[C@H](F)[C@@H]2OP(=O)(O)OC[C@H]3O[C@@H](n4cnc5c(N)ccnc54)[C@H](F)[C@@H]3OP(=O)(O)OC[C@@]23C[C@H]13. The van der Waals surface area contributed by atoms with Crippen LogP contribution in [0, 0.1) is 11.3 Å². The van der Waals surface area contributed by atoms with Crippen LogP contribution in [0.1, 0.15) is 18.7 Å². The third-order valence-corrected chi connectivity index (χ3v) is 10.8. The smallest absolute Gasteiger partial charge is 0.397 e. The van der Waals surface area contributed by atoms with E-state index in [1.54, 1.807) is 0 Å². The van der Waals surface area contributed by atoms with Crippen LogP contribution >= 0.6 is 15.6 Å². The van der Waals surface area contributed by atoms with E-state index in [-0.39, 0.29) is 40.3 Å². The molecule has 4 aromatic rings. The van der Waals surface area contributed by atoms with Crippen LogP contribution in [0.15, 0.2) is 31.2 Å². The van der Waals surface area contributed by atoms with Gasteiger partial charge in [0.2, 0.25) is 0 Å². The largest absolute Gasteiger partial charge is 0.472 e. The number of phosphoric acid groups is 2. The minimum absolute atomic E-state index is 0.0677. The zero-order valence-corrected chi connectivity index (χ0v) is 24.6. The highest BCUT2D eigenvalue weighted by Gasteiger charge is 2.75. The van der Waals surface area contributed by atoms with Crippen LogP contribution in [0.5, 0.6) is 0 Å². The summed E-state index contributed by atoms with van der Waals surface area (Å²) in [6, 6.07) is 0.462. The molecule has 6 heterocycles. The van der Waals surface area contributed by atoms with Gasteiger partial charge in [-0.3, -0.25) is 22.7 Å². The molecule has 8 rings (SSSR count). The van der Waals surface area contributed by atoms with E-state index in [1.165, 1.54) is 40.4 Å². The van der Waals surface area contributed by atoms with Crippen molar-refractivity contribution in [2.75, 3.05) is 24.7 Å². The number of nitrogen functional groups attached to an aromatic ring is 2. The van der Waals surface area contributed by atoms with E-state index in [1.807, 2.05) is 0 Å². The van der Waals surface area contributed by atoms with Crippen LogP contribution in [0.25, 0.3) is 22.3 Å². The van der Waals surface area contributed by atoms with Crippen molar-refractivity contribution in [3.05, 3.63) is 31.2 Å². The summed E-state index contributed by atoms with van der Waals surface area (Å²) in [7, 11) is -10.1. The Balaban J connectivity index is 1.10. The van der Waals surface area contributed by atoms with Crippen LogP contribution < -0.4 is 11.5 Å². The van der Waals surface area contributed by atoms with E-state index < -0.39 is 83.1 Å². The first-order valence-corrected chi connectivity index (χ1v) is 16.6. The minimum atomic E-state index is -5.05. The lowest BCUT2D eigenvalue weighted by atomic mass is 10.0. The molecule has 0 amide bonds. The highest BCUT2D eigenvalue weighted by Crippen LogP contribution is 2.72. The summed E-state index contributed by atoms with van der Waals surface area (Å²) in [5.74, 6) is -0.553. The summed E-state index contributed by atoms with van der Waals surface area (Å²) < 4.78 is 88.1. The van der Waals surface area contributed by atoms with E-state index >= 15 is 8.78 Å². The zero-order chi connectivity index (χ0) is 31.5. The molecule has 0 bridgehead atoms. The first-order chi connectivity index (χ1) is 21.4. The molecule has 1 spiro atoms. The lowest BCUT2D eigenvalue weighted by Crippen LogP contribution is -2.38. The summed E-state index contributed by atoms with van der Waals surface area (Å²) in [5.41, 5.74) is 11.5. The Hall–Kier alpha value is -3.19. The van der Waals surface area contributed by atoms with Crippen molar-refractivity contribution >= 4 is 49.5 Å². The Morgan fingerprint density at radius 2 is 1.67 bits per heavy atom. The van der Waals surface area contributed by atoms with Crippen molar-refractivity contribution in [2.24, 2.45) is 11.3 Å². The van der Waals surface area contributed by atoms with Crippen molar-refractivity contribution in [2.45, 2.75) is 49.3 Å². The second kappa shape index (κ2) is 9.90. The van der Waals surface area contributed by atoms with Crippen molar-refractivity contribution in [3.8, 4) is 0 Å². The molecule has 4 fully saturated rings. The predicted octanol–water partition coefficient (Wildman–Crippen LogP) is 1.59. The average molecular weight is 671 g/mol. The quantitative estimate of drug-likeness (QED) is 0.221. The number of nitrogens with two attached hydrogens (primary N) is 2. The molecule has 2 aliphatic heterocycles. The third kappa shape index (κ3) is 4.50. The van der Waals surface area contributed by atoms with E-state index in [0.717, 1.165) is 0 Å². The minimum Gasteiger partial charge on any atom is -0.397 e. The molecular weight excluding hydrogens is 646 g/mol. The number of hydrogen-bond acceptors (Lipinski definition) is 14. The van der Waals surface area contributed by atoms with Crippen molar-refractivity contribution in [1.29, 1.82) is 0 Å². The number of phosphoric ester groups is 2. The highest BCUT2D eigenvalue weighted by atomic mass is 31.2. The molecule has 6 N–H and O–H groups in total. The van der Waals surface area contributed by atoms with Gasteiger partial charge in [-0.05, 0) is 18.4 Å². The number of rotatable bonds is 2. The average Bonchev–Trinajstić information content (AvgIpc) is 3.27. The number of aromatic nitrogens is 7. The molecule has 18 nitrogen and oxygen atoms in total. The fourth-order valence-electron chi connectivity index (χ4n) is 6.75. The predicted molar refractivity (Wildman–Crippen MR) is 146 cm³/mol. The van der Waals surface area contributed by atoms with Gasteiger partial charge in [0.25, 0.3) is 0 Å². The molecule has 2 unspecified atom stereocenters. The van der Waals surface area contributed by atoms with Crippen molar-refractivity contribution < 1.29 is 50.5 Å². The first kappa shape index (κ1) is 29.2. The van der Waals surface area contributed by atoms with Gasteiger partial charge in [-0.1, -0.05) is 0 Å². The Morgan fingerprint density at radius 3 is 2.49 bits per heavy atom. The van der Waals surface area contributed by atoms with E-state index in [4.69, 9.17) is 34.3 Å². The molecule has 2 saturated heterocycles. The van der Waals surface area contributed by atoms with Gasteiger partial charge in [-0.15, -0.1) is 0 Å². The van der Waals surface area contributed by atoms with E-state index in [0.29, 0.717) is 0 Å². The van der Waals surface area contributed by atoms with Crippen LogP contribution in [0.4, 0.5) is 20.3 Å². The number of nitrogens with zero attached hydrogens (tertiary/aromatic N) is 7. The molecule has 2 aliphatic carbocycles. The second-order valence-corrected chi connectivity index (χ2v) is 14.2. The third-order valence-electron chi connectivity index (χ3n) is 8.91. The van der Waals surface area contributed by atoms with E-state index in [2.05, 4.69) is 24.9 Å². The maximum atomic E-state index is 16.2. The van der Waals surface area contributed by atoms with Gasteiger partial charge in [0.15, 0.2) is 29.5 Å². The second-order valence-electron chi connectivity index (χ2n) is 11.4. The number of fused-ring (bicyclic) bond motifs is 3. The van der Waals surface area contributed by atoms with Gasteiger partial charge in [0.1, 0.15) is 41.8 Å². The maximum Gasteiger partial charge on any atom is 0.472 e. The summed E-state index contributed by atoms with van der Waals surface area (Å²) in [5, 5.41) is 0. The van der Waals surface area contributed by atoms with Crippen LogP contribution in [-0.4, -0.2) is 87.7 Å². The Morgan fingerprint density at radius 1 is 0.933 bits per heavy atom. The Labute approximate surface area is 250 Å². The summed E-state index contributed by atoms with van der Waals surface area (Å²) in [4.78, 5) is 41.9. The highest BCUT2D eigenvalue weighted by molar-refractivity contribution is 7.47. The monoisotopic (exact) mass is 671 g/mol. The summed E-state index contributed by atoms with van der Waals surface area (Å²) in [6.07, 6.45) is -5.34. The Bertz CT molecular complexity index is 1930. The summed E-state index contributed by atoms with van der Waals surface area (Å²) >= 11 is 0.